The predicted molar refractivity (Wildman–Crippen MR) is 23.8 cm³/mol. The Morgan fingerprint density at radius 1 is 1.75 bits per heavy atom. The monoisotopic (exact) mass is 122 g/mol. The van der Waals surface area contributed by atoms with Crippen molar-refractivity contribution in [2.75, 3.05) is 6.61 Å². The van der Waals surface area contributed by atoms with Gasteiger partial charge in [0, 0.05) is 4.53 Å². The van der Waals surface area contributed by atoms with Crippen LogP contribution in [-0.4, -0.2) is 12.8 Å². The Morgan fingerprint density at radius 2 is 2.38 bits per heavy atom. The molecule has 0 N–H and O–H groups in total. The van der Waals surface area contributed by atoms with E-state index in [2.05, 4.69) is 9.68 Å². The van der Waals surface area contributed by atoms with Crippen molar-refractivity contribution in [1.82, 2.24) is 0 Å². The van der Waals surface area contributed by atoms with Crippen LogP contribution >= 0.6 is 0 Å². The van der Waals surface area contributed by atoms with Gasteiger partial charge in [0.15, 0.2) is 0 Å². The molecule has 0 fully saturated rings. The van der Waals surface area contributed by atoms with E-state index in [4.69, 9.17) is 0 Å². The molecular weight excluding hydrogens is 115 g/mol. The Morgan fingerprint density at radius 3 is 2.75 bits per heavy atom. The van der Waals surface area contributed by atoms with Gasteiger partial charge < -0.3 is 4.74 Å². The molecule has 0 spiro atoms. The van der Waals surface area contributed by atoms with E-state index in [9.17, 15) is 9.32 Å². The molecule has 8 heavy (non-hydrogen) atoms. The highest BCUT2D eigenvalue weighted by molar-refractivity contribution is 5.58. The molecule has 0 aliphatic heterocycles. The van der Waals surface area contributed by atoms with Gasteiger partial charge in [-0.2, -0.15) is 0 Å². The summed E-state index contributed by atoms with van der Waals surface area (Å²) in [7, 11) is 0. The van der Waals surface area contributed by atoms with Gasteiger partial charge in [0.1, 0.15) is 0 Å². The average Bonchev–Trinajstić information content (AvgIpc) is 1.83. The van der Waals surface area contributed by atoms with Crippen LogP contribution in [0.2, 0.25) is 0 Å². The Labute approximate surface area is 46.3 Å². The highest BCUT2D eigenvalue weighted by Crippen LogP contribution is 1.86. The van der Waals surface area contributed by atoms with Crippen LogP contribution < -0.4 is 0 Å². The number of carbonyl (C=O) groups excluding carboxylic acids is 1. The molecule has 0 bridgehead atoms. The summed E-state index contributed by atoms with van der Waals surface area (Å²) in [5, 5.41) is 0. The van der Waals surface area contributed by atoms with Gasteiger partial charge >= 0.3 is 6.16 Å². The summed E-state index contributed by atoms with van der Waals surface area (Å²) in [6.45, 7) is 1.99. The second kappa shape index (κ2) is 4.36. The number of halogens is 1. The molecule has 0 aliphatic carbocycles. The maximum absolute atomic E-state index is 10.7. The Kier molecular flexibility index (Phi) is 3.93. The molecule has 4 heteroatoms. The summed E-state index contributed by atoms with van der Waals surface area (Å²) in [6.07, 6.45) is -0.610. The first-order valence-corrected chi connectivity index (χ1v) is 2.26. The van der Waals surface area contributed by atoms with E-state index < -0.39 is 6.16 Å². The fourth-order valence-corrected chi connectivity index (χ4v) is 0.208. The van der Waals surface area contributed by atoms with Gasteiger partial charge in [0.2, 0.25) is 0 Å². The van der Waals surface area contributed by atoms with E-state index in [0.717, 1.165) is 0 Å². The second-order valence-electron chi connectivity index (χ2n) is 1.18. The number of ether oxygens (including phenoxy) is 1. The second-order valence-corrected chi connectivity index (χ2v) is 1.18. The van der Waals surface area contributed by atoms with Crippen LogP contribution in [0.5, 0.6) is 0 Å². The van der Waals surface area contributed by atoms with E-state index in [1.807, 2.05) is 0 Å². The maximum atomic E-state index is 10.7. The summed E-state index contributed by atoms with van der Waals surface area (Å²) >= 11 is 0. The molecule has 0 unspecified atom stereocenters. The number of rotatable bonds is 2. The normalized spacial score (nSPS) is 8.25. The minimum atomic E-state index is -1.27. The SMILES string of the molecule is CCCOC(=O)OF. The van der Waals surface area contributed by atoms with E-state index in [-0.39, 0.29) is 6.61 Å². The lowest BCUT2D eigenvalue weighted by Gasteiger charge is -1.93. The third-order valence-electron chi connectivity index (χ3n) is 0.487. The van der Waals surface area contributed by atoms with Crippen LogP contribution in [-0.2, 0) is 9.68 Å². The molecule has 48 valence electrons. The Bertz CT molecular complexity index is 73.7. The zero-order valence-electron chi connectivity index (χ0n) is 4.52. The average molecular weight is 122 g/mol. The molecule has 0 aromatic rings. The van der Waals surface area contributed by atoms with E-state index in [0.29, 0.717) is 6.42 Å². The van der Waals surface area contributed by atoms with Crippen molar-refractivity contribution in [1.29, 1.82) is 0 Å². The maximum Gasteiger partial charge on any atom is 0.544 e. The van der Waals surface area contributed by atoms with E-state index in [1.54, 1.807) is 6.92 Å². The van der Waals surface area contributed by atoms with Crippen molar-refractivity contribution in [2.24, 2.45) is 0 Å². The molecule has 0 amide bonds. The Hall–Kier alpha value is -0.800. The summed E-state index contributed by atoms with van der Waals surface area (Å²) < 4.78 is 14.8. The summed E-state index contributed by atoms with van der Waals surface area (Å²) in [5.41, 5.74) is 0. The van der Waals surface area contributed by atoms with Crippen LogP contribution in [0.3, 0.4) is 0 Å². The topological polar surface area (TPSA) is 35.5 Å². The third kappa shape index (κ3) is 3.39. The van der Waals surface area contributed by atoms with Gasteiger partial charge in [-0.15, -0.1) is 0 Å². The van der Waals surface area contributed by atoms with Gasteiger partial charge in [-0.1, -0.05) is 6.92 Å². The quantitative estimate of drug-likeness (QED) is 0.520. The van der Waals surface area contributed by atoms with Crippen LogP contribution in [0.4, 0.5) is 9.32 Å². The van der Waals surface area contributed by atoms with Crippen LogP contribution in [0.15, 0.2) is 0 Å². The number of carbonyl (C=O) groups is 1. The fraction of sp³-hybridized carbons (Fsp3) is 0.750. The van der Waals surface area contributed by atoms with Gasteiger partial charge in [-0.3, -0.25) is 0 Å². The summed E-state index contributed by atoms with van der Waals surface area (Å²) in [6, 6.07) is 0. The molecule has 0 rings (SSSR count). The first kappa shape index (κ1) is 7.20. The standard InChI is InChI=1S/C4H7FO3/c1-2-3-7-4(6)8-5/h2-3H2,1H3. The smallest absolute Gasteiger partial charge is 0.432 e. The highest BCUT2D eigenvalue weighted by Gasteiger charge is 1.99. The lowest BCUT2D eigenvalue weighted by atomic mass is 10.5. The highest BCUT2D eigenvalue weighted by atomic mass is 19.3. The van der Waals surface area contributed by atoms with Gasteiger partial charge in [-0.25, -0.2) is 9.74 Å². The van der Waals surface area contributed by atoms with Crippen molar-refractivity contribution in [3.8, 4) is 0 Å². The van der Waals surface area contributed by atoms with Crippen molar-refractivity contribution in [3.05, 3.63) is 0 Å². The molecule has 0 atom stereocenters. The van der Waals surface area contributed by atoms with Crippen molar-refractivity contribution < 1.29 is 19.0 Å². The lowest BCUT2D eigenvalue weighted by Crippen LogP contribution is -2.01. The largest absolute Gasteiger partial charge is 0.544 e. The molecule has 0 aromatic heterocycles. The molecule has 0 saturated heterocycles. The molecule has 3 nitrogen and oxygen atoms in total. The number of hydrogen-bond acceptors (Lipinski definition) is 3. The molecular formula is C4H7FO3. The summed E-state index contributed by atoms with van der Waals surface area (Å²) in [4.78, 5) is 12.4. The molecule has 0 heterocycles. The third-order valence-corrected chi connectivity index (χ3v) is 0.487. The summed E-state index contributed by atoms with van der Waals surface area (Å²) in [5.74, 6) is 0. The van der Waals surface area contributed by atoms with Gasteiger partial charge in [0.05, 0.1) is 6.61 Å². The lowest BCUT2D eigenvalue weighted by molar-refractivity contribution is -0.100. The molecule has 0 saturated carbocycles. The predicted octanol–water partition coefficient (Wildman–Crippen LogP) is 1.43. The van der Waals surface area contributed by atoms with E-state index >= 15 is 0 Å². The van der Waals surface area contributed by atoms with Gasteiger partial charge in [0.25, 0.3) is 0 Å². The number of hydrogen-bond donors (Lipinski definition) is 0. The van der Waals surface area contributed by atoms with Crippen molar-refractivity contribution in [3.63, 3.8) is 0 Å². The first-order valence-electron chi connectivity index (χ1n) is 2.26. The molecule has 0 aromatic carbocycles. The van der Waals surface area contributed by atoms with E-state index in [1.165, 1.54) is 0 Å². The van der Waals surface area contributed by atoms with Crippen LogP contribution in [0, 0.1) is 0 Å². The minimum Gasteiger partial charge on any atom is -0.432 e. The molecule has 0 radical (unpaired) electrons. The zero-order chi connectivity index (χ0) is 6.41. The van der Waals surface area contributed by atoms with Crippen molar-refractivity contribution in [2.45, 2.75) is 13.3 Å². The van der Waals surface area contributed by atoms with Crippen LogP contribution in [0.1, 0.15) is 13.3 Å². The molecule has 0 aliphatic rings. The first-order chi connectivity index (χ1) is 3.81. The van der Waals surface area contributed by atoms with Gasteiger partial charge in [-0.05, 0) is 6.42 Å². The minimum absolute atomic E-state index is 0.197. The van der Waals surface area contributed by atoms with Crippen molar-refractivity contribution >= 4 is 6.16 Å². The zero-order valence-corrected chi connectivity index (χ0v) is 4.52. The fourth-order valence-electron chi connectivity index (χ4n) is 0.208. The Balaban J connectivity index is 2.99. The van der Waals surface area contributed by atoms with Crippen LogP contribution in [0.25, 0.3) is 0 Å².